The minimum atomic E-state index is -0.783. The monoisotopic (exact) mass is 372 g/mol. The van der Waals surface area contributed by atoms with Crippen molar-refractivity contribution in [3.63, 3.8) is 0 Å². The predicted molar refractivity (Wildman–Crippen MR) is 103 cm³/mol. The lowest BCUT2D eigenvalue weighted by Crippen LogP contribution is -2.50. The standard InChI is InChI=1S/C19H24N4O2S/c1-5-12-23(18(25)15-13-26-22-21-15)16(14-10-8-7-9-11-14)17(24)20-19(3,4)6-2/h5,7-11,13,16H,1,6,12H2,2-4H3,(H,20,24)/t16-/m0/s1. The normalized spacial score (nSPS) is 12.3. The van der Waals surface area contributed by atoms with Crippen LogP contribution in [0.25, 0.3) is 0 Å². The first-order valence-corrected chi connectivity index (χ1v) is 9.29. The van der Waals surface area contributed by atoms with Crippen molar-refractivity contribution in [3.8, 4) is 0 Å². The van der Waals surface area contributed by atoms with E-state index >= 15 is 0 Å². The highest BCUT2D eigenvalue weighted by atomic mass is 32.1. The summed E-state index contributed by atoms with van der Waals surface area (Å²) in [6, 6.07) is 8.47. The average Bonchev–Trinajstić information content (AvgIpc) is 3.16. The summed E-state index contributed by atoms with van der Waals surface area (Å²) >= 11 is 1.10. The fourth-order valence-corrected chi connectivity index (χ4v) is 2.88. The Labute approximate surface area is 158 Å². The van der Waals surface area contributed by atoms with Crippen LogP contribution < -0.4 is 5.32 Å². The highest BCUT2D eigenvalue weighted by Crippen LogP contribution is 2.24. The topological polar surface area (TPSA) is 75.2 Å². The van der Waals surface area contributed by atoms with E-state index in [0.717, 1.165) is 23.5 Å². The molecule has 1 N–H and O–H groups in total. The van der Waals surface area contributed by atoms with Gasteiger partial charge in [-0.2, -0.15) is 0 Å². The minimum Gasteiger partial charge on any atom is -0.349 e. The van der Waals surface area contributed by atoms with Crippen molar-refractivity contribution in [1.82, 2.24) is 19.8 Å². The van der Waals surface area contributed by atoms with Crippen molar-refractivity contribution in [2.45, 2.75) is 38.8 Å². The van der Waals surface area contributed by atoms with Gasteiger partial charge in [0.2, 0.25) is 5.91 Å². The molecule has 2 rings (SSSR count). The van der Waals surface area contributed by atoms with Crippen LogP contribution in [0.1, 0.15) is 49.3 Å². The maximum absolute atomic E-state index is 13.1. The number of amides is 2. The molecule has 0 aliphatic rings. The number of rotatable bonds is 8. The van der Waals surface area contributed by atoms with Gasteiger partial charge in [-0.15, -0.1) is 11.7 Å². The van der Waals surface area contributed by atoms with Crippen LogP contribution in [0.2, 0.25) is 0 Å². The van der Waals surface area contributed by atoms with Crippen LogP contribution in [0.4, 0.5) is 0 Å². The molecule has 0 radical (unpaired) electrons. The van der Waals surface area contributed by atoms with E-state index in [9.17, 15) is 9.59 Å². The number of nitrogens with zero attached hydrogens (tertiary/aromatic N) is 3. The molecule has 0 bridgehead atoms. The number of aromatic nitrogens is 2. The van der Waals surface area contributed by atoms with Crippen LogP contribution in [0, 0.1) is 0 Å². The van der Waals surface area contributed by atoms with E-state index in [2.05, 4.69) is 21.5 Å². The average molecular weight is 372 g/mol. The summed E-state index contributed by atoms with van der Waals surface area (Å²) in [5.74, 6) is -0.585. The van der Waals surface area contributed by atoms with E-state index < -0.39 is 6.04 Å². The molecule has 138 valence electrons. The summed E-state index contributed by atoms with van der Waals surface area (Å²) in [5.41, 5.74) is 0.575. The van der Waals surface area contributed by atoms with Crippen LogP contribution in [-0.4, -0.2) is 38.4 Å². The molecule has 26 heavy (non-hydrogen) atoms. The van der Waals surface area contributed by atoms with E-state index in [1.54, 1.807) is 11.5 Å². The molecular weight excluding hydrogens is 348 g/mol. The summed E-state index contributed by atoms with van der Waals surface area (Å²) in [7, 11) is 0. The highest BCUT2D eigenvalue weighted by molar-refractivity contribution is 7.03. The first-order valence-electron chi connectivity index (χ1n) is 8.45. The fraction of sp³-hybridized carbons (Fsp3) is 0.368. The van der Waals surface area contributed by atoms with Gasteiger partial charge in [-0.3, -0.25) is 9.59 Å². The molecule has 0 unspecified atom stereocenters. The van der Waals surface area contributed by atoms with E-state index in [1.165, 1.54) is 4.90 Å². The zero-order valence-electron chi connectivity index (χ0n) is 15.3. The smallest absolute Gasteiger partial charge is 0.276 e. The summed E-state index contributed by atoms with van der Waals surface area (Å²) in [4.78, 5) is 27.6. The van der Waals surface area contributed by atoms with Crippen molar-refractivity contribution in [3.05, 3.63) is 59.6 Å². The summed E-state index contributed by atoms with van der Waals surface area (Å²) in [6.07, 6.45) is 2.37. The summed E-state index contributed by atoms with van der Waals surface area (Å²) < 4.78 is 3.75. The molecule has 0 aliphatic carbocycles. The van der Waals surface area contributed by atoms with Crippen molar-refractivity contribution in [2.75, 3.05) is 6.54 Å². The van der Waals surface area contributed by atoms with Gasteiger partial charge < -0.3 is 10.2 Å². The van der Waals surface area contributed by atoms with Gasteiger partial charge >= 0.3 is 0 Å². The molecule has 0 saturated heterocycles. The van der Waals surface area contributed by atoms with Crippen LogP contribution in [0.5, 0.6) is 0 Å². The number of carbonyl (C=O) groups excluding carboxylic acids is 2. The second-order valence-corrected chi connectivity index (χ2v) is 7.19. The van der Waals surface area contributed by atoms with Crippen molar-refractivity contribution < 1.29 is 9.59 Å². The third-order valence-corrected chi connectivity index (χ3v) is 4.69. The Bertz CT molecular complexity index is 744. The van der Waals surface area contributed by atoms with Crippen LogP contribution >= 0.6 is 11.5 Å². The molecule has 1 aromatic carbocycles. The lowest BCUT2D eigenvalue weighted by atomic mass is 9.98. The van der Waals surface area contributed by atoms with E-state index in [0.29, 0.717) is 0 Å². The lowest BCUT2D eigenvalue weighted by molar-refractivity contribution is -0.127. The SMILES string of the molecule is C=CCN(C(=O)c1csnn1)[C@H](C(=O)NC(C)(C)CC)c1ccccc1. The van der Waals surface area contributed by atoms with E-state index in [-0.39, 0.29) is 29.6 Å². The minimum absolute atomic E-state index is 0.218. The summed E-state index contributed by atoms with van der Waals surface area (Å²) in [6.45, 7) is 9.87. The molecule has 7 heteroatoms. The van der Waals surface area contributed by atoms with Crippen LogP contribution in [0.15, 0.2) is 48.4 Å². The molecule has 0 saturated carbocycles. The van der Waals surface area contributed by atoms with Gasteiger partial charge in [0.25, 0.3) is 5.91 Å². The van der Waals surface area contributed by atoms with Gasteiger partial charge in [-0.05, 0) is 37.4 Å². The third kappa shape index (κ3) is 4.76. The Kier molecular flexibility index (Phi) is 6.63. The number of hydrogen-bond acceptors (Lipinski definition) is 5. The van der Waals surface area contributed by atoms with Gasteiger partial charge in [0.05, 0.1) is 0 Å². The molecule has 2 amide bonds. The van der Waals surface area contributed by atoms with Crippen LogP contribution in [0.3, 0.4) is 0 Å². The second-order valence-electron chi connectivity index (χ2n) is 6.58. The Morgan fingerprint density at radius 2 is 2.04 bits per heavy atom. The molecule has 1 heterocycles. The Hall–Kier alpha value is -2.54. The zero-order valence-corrected chi connectivity index (χ0v) is 16.1. The molecule has 0 fully saturated rings. The van der Waals surface area contributed by atoms with Gasteiger partial charge in [0, 0.05) is 17.5 Å². The highest BCUT2D eigenvalue weighted by Gasteiger charge is 2.34. The molecule has 0 spiro atoms. The number of hydrogen-bond donors (Lipinski definition) is 1. The summed E-state index contributed by atoms with van der Waals surface area (Å²) in [5, 5.41) is 8.48. The Morgan fingerprint density at radius 1 is 1.35 bits per heavy atom. The largest absolute Gasteiger partial charge is 0.349 e. The predicted octanol–water partition coefficient (Wildman–Crippen LogP) is 3.21. The molecular formula is C19H24N4O2S. The quantitative estimate of drug-likeness (QED) is 0.722. The maximum Gasteiger partial charge on any atom is 0.276 e. The second kappa shape index (κ2) is 8.71. The lowest BCUT2D eigenvalue weighted by Gasteiger charge is -2.33. The fourth-order valence-electron chi connectivity index (χ4n) is 2.45. The number of carbonyl (C=O) groups is 2. The molecule has 2 aromatic rings. The number of benzene rings is 1. The van der Waals surface area contributed by atoms with E-state index in [1.807, 2.05) is 51.1 Å². The van der Waals surface area contributed by atoms with Crippen molar-refractivity contribution >= 4 is 23.3 Å². The number of nitrogens with one attached hydrogen (secondary N) is 1. The molecule has 0 aliphatic heterocycles. The Balaban J connectivity index is 2.44. The van der Waals surface area contributed by atoms with Crippen molar-refractivity contribution in [2.24, 2.45) is 0 Å². The molecule has 6 nitrogen and oxygen atoms in total. The van der Waals surface area contributed by atoms with Gasteiger partial charge in [0.1, 0.15) is 6.04 Å². The molecule has 1 aromatic heterocycles. The first kappa shape index (κ1) is 19.8. The maximum atomic E-state index is 13.1. The first-order chi connectivity index (χ1) is 12.4. The third-order valence-electron chi connectivity index (χ3n) is 4.19. The van der Waals surface area contributed by atoms with Crippen LogP contribution in [-0.2, 0) is 4.79 Å². The van der Waals surface area contributed by atoms with Gasteiger partial charge in [-0.25, -0.2) is 0 Å². The molecule has 1 atom stereocenters. The van der Waals surface area contributed by atoms with Gasteiger partial charge in [0.15, 0.2) is 5.69 Å². The van der Waals surface area contributed by atoms with E-state index in [4.69, 9.17) is 0 Å². The van der Waals surface area contributed by atoms with Gasteiger partial charge in [-0.1, -0.05) is 47.8 Å². The van der Waals surface area contributed by atoms with Crippen molar-refractivity contribution in [1.29, 1.82) is 0 Å². The zero-order chi connectivity index (χ0) is 19.2. The Morgan fingerprint density at radius 3 is 2.58 bits per heavy atom.